The molecule has 5 nitrogen and oxygen atoms in total. The van der Waals surface area contributed by atoms with Crippen LogP contribution >= 0.6 is 0 Å². The summed E-state index contributed by atoms with van der Waals surface area (Å²) in [5, 5.41) is 15.6. The summed E-state index contributed by atoms with van der Waals surface area (Å²) >= 11 is 0. The Kier molecular flexibility index (Phi) is 1.72. The molecule has 3 fully saturated rings. The van der Waals surface area contributed by atoms with Gasteiger partial charge in [0.2, 0.25) is 0 Å². The molecule has 4 unspecified atom stereocenters. The van der Waals surface area contributed by atoms with Crippen molar-refractivity contribution in [2.45, 2.75) is 31.8 Å². The molecule has 1 heterocycles. The summed E-state index contributed by atoms with van der Waals surface area (Å²) in [5.74, 6) is 4.84. The van der Waals surface area contributed by atoms with Crippen molar-refractivity contribution in [3.8, 4) is 0 Å². The highest BCUT2D eigenvalue weighted by Gasteiger charge is 2.64. The number of nitrogens with one attached hydrogen (secondary N) is 1. The minimum Gasteiger partial charge on any atom is -0.306 e. The standard InChI is InChI=1S/C11H17N5/c1-16-14-8(13-15-16)5-12-11-9-6-2-3-7(4-6)10(9)11/h6-7,9-12H,2-5H2,1H3. The minimum absolute atomic E-state index is 0.759. The van der Waals surface area contributed by atoms with Gasteiger partial charge in [-0.3, -0.25) is 0 Å². The lowest BCUT2D eigenvalue weighted by Gasteiger charge is -2.08. The van der Waals surface area contributed by atoms with Crippen LogP contribution in [0.25, 0.3) is 0 Å². The fourth-order valence-corrected chi connectivity index (χ4v) is 4.20. The number of fused-ring (bicyclic) bond motifs is 5. The van der Waals surface area contributed by atoms with Crippen molar-refractivity contribution in [1.82, 2.24) is 25.5 Å². The summed E-state index contributed by atoms with van der Waals surface area (Å²) in [6.45, 7) is 0.783. The number of aryl methyl sites for hydroxylation is 1. The molecule has 4 atom stereocenters. The van der Waals surface area contributed by atoms with Gasteiger partial charge in [0.15, 0.2) is 5.82 Å². The molecule has 3 saturated carbocycles. The molecule has 0 radical (unpaired) electrons. The molecule has 3 aliphatic carbocycles. The summed E-state index contributed by atoms with van der Waals surface area (Å²) in [6, 6.07) is 0.759. The lowest BCUT2D eigenvalue weighted by atomic mass is 10.0. The topological polar surface area (TPSA) is 55.6 Å². The maximum atomic E-state index is 4.19. The Morgan fingerprint density at radius 3 is 2.69 bits per heavy atom. The molecular weight excluding hydrogens is 202 g/mol. The fraction of sp³-hybridized carbons (Fsp3) is 0.909. The number of tetrazole rings is 1. The first kappa shape index (κ1) is 9.10. The molecule has 5 heteroatoms. The van der Waals surface area contributed by atoms with E-state index in [2.05, 4.69) is 20.7 Å². The van der Waals surface area contributed by atoms with Gasteiger partial charge in [0.1, 0.15) is 0 Å². The van der Waals surface area contributed by atoms with E-state index in [0.717, 1.165) is 42.1 Å². The average Bonchev–Trinajstić information content (AvgIpc) is 2.70. The van der Waals surface area contributed by atoms with Gasteiger partial charge in [-0.2, -0.15) is 4.80 Å². The van der Waals surface area contributed by atoms with Gasteiger partial charge in [0.05, 0.1) is 13.6 Å². The first-order chi connectivity index (χ1) is 7.83. The third-order valence-corrected chi connectivity index (χ3v) is 4.78. The number of aromatic nitrogens is 4. The van der Waals surface area contributed by atoms with Crippen LogP contribution in [0.15, 0.2) is 0 Å². The molecule has 0 spiro atoms. The molecule has 3 aliphatic rings. The Balaban J connectivity index is 1.37. The van der Waals surface area contributed by atoms with Crippen LogP contribution in [-0.2, 0) is 13.6 Å². The smallest absolute Gasteiger partial charge is 0.188 e. The van der Waals surface area contributed by atoms with Crippen LogP contribution in [0.2, 0.25) is 0 Å². The van der Waals surface area contributed by atoms with Gasteiger partial charge < -0.3 is 5.32 Å². The Hall–Kier alpha value is -0.970. The van der Waals surface area contributed by atoms with Crippen LogP contribution < -0.4 is 5.32 Å². The summed E-state index contributed by atoms with van der Waals surface area (Å²) in [5.41, 5.74) is 0. The van der Waals surface area contributed by atoms with E-state index in [0.29, 0.717) is 0 Å². The predicted molar refractivity (Wildman–Crippen MR) is 57.2 cm³/mol. The van der Waals surface area contributed by atoms with E-state index in [1.807, 2.05) is 7.05 Å². The van der Waals surface area contributed by atoms with Crippen molar-refractivity contribution in [3.05, 3.63) is 5.82 Å². The van der Waals surface area contributed by atoms with Gasteiger partial charge in [0.25, 0.3) is 0 Å². The summed E-state index contributed by atoms with van der Waals surface area (Å²) in [6.07, 6.45) is 4.47. The van der Waals surface area contributed by atoms with E-state index in [4.69, 9.17) is 0 Å². The number of rotatable bonds is 3. The second kappa shape index (κ2) is 3.03. The van der Waals surface area contributed by atoms with Gasteiger partial charge in [-0.25, -0.2) is 0 Å². The van der Waals surface area contributed by atoms with Crippen LogP contribution in [0.1, 0.15) is 25.1 Å². The molecule has 0 saturated heterocycles. The highest BCUT2D eigenvalue weighted by atomic mass is 15.6. The number of hydrogen-bond acceptors (Lipinski definition) is 4. The van der Waals surface area contributed by atoms with Gasteiger partial charge in [-0.05, 0) is 48.1 Å². The Morgan fingerprint density at radius 1 is 1.31 bits per heavy atom. The molecule has 2 bridgehead atoms. The number of nitrogens with zero attached hydrogens (tertiary/aromatic N) is 4. The fourth-order valence-electron chi connectivity index (χ4n) is 4.20. The maximum absolute atomic E-state index is 4.19. The summed E-state index contributed by atoms with van der Waals surface area (Å²) in [7, 11) is 1.81. The van der Waals surface area contributed by atoms with E-state index in [9.17, 15) is 0 Å². The van der Waals surface area contributed by atoms with Gasteiger partial charge in [-0.15, -0.1) is 10.2 Å². The van der Waals surface area contributed by atoms with Crippen molar-refractivity contribution in [2.24, 2.45) is 30.7 Å². The molecule has 0 aliphatic heterocycles. The van der Waals surface area contributed by atoms with Crippen LogP contribution in [0.3, 0.4) is 0 Å². The quantitative estimate of drug-likeness (QED) is 0.796. The van der Waals surface area contributed by atoms with Crippen molar-refractivity contribution in [2.75, 3.05) is 0 Å². The van der Waals surface area contributed by atoms with Gasteiger partial charge in [-0.1, -0.05) is 0 Å². The van der Waals surface area contributed by atoms with Crippen LogP contribution in [0, 0.1) is 23.7 Å². The van der Waals surface area contributed by atoms with E-state index >= 15 is 0 Å². The number of hydrogen-bond donors (Lipinski definition) is 1. The second-order valence-electron chi connectivity index (χ2n) is 5.59. The molecule has 4 rings (SSSR count). The van der Waals surface area contributed by atoms with E-state index in [1.165, 1.54) is 24.1 Å². The molecule has 1 N–H and O–H groups in total. The summed E-state index contributed by atoms with van der Waals surface area (Å²) in [4.78, 5) is 1.52. The summed E-state index contributed by atoms with van der Waals surface area (Å²) < 4.78 is 0. The average molecular weight is 219 g/mol. The molecule has 0 aromatic carbocycles. The Labute approximate surface area is 94.6 Å². The Morgan fingerprint density at radius 2 is 2.06 bits per heavy atom. The molecule has 86 valence electrons. The zero-order valence-corrected chi connectivity index (χ0v) is 9.50. The predicted octanol–water partition coefficient (Wildman–Crippen LogP) is 0.344. The maximum Gasteiger partial charge on any atom is 0.188 e. The first-order valence-electron chi connectivity index (χ1n) is 6.29. The zero-order valence-electron chi connectivity index (χ0n) is 9.50. The second-order valence-corrected chi connectivity index (χ2v) is 5.59. The zero-order chi connectivity index (χ0) is 10.7. The van der Waals surface area contributed by atoms with Crippen molar-refractivity contribution in [3.63, 3.8) is 0 Å². The third kappa shape index (κ3) is 1.18. The van der Waals surface area contributed by atoms with Crippen LogP contribution in [0.4, 0.5) is 0 Å². The Bertz CT molecular complexity index is 398. The van der Waals surface area contributed by atoms with Crippen LogP contribution in [0.5, 0.6) is 0 Å². The lowest BCUT2D eigenvalue weighted by molar-refractivity contribution is 0.456. The van der Waals surface area contributed by atoms with Gasteiger partial charge >= 0.3 is 0 Å². The molecule has 1 aromatic heterocycles. The highest BCUT2D eigenvalue weighted by molar-refractivity contribution is 5.16. The lowest BCUT2D eigenvalue weighted by Crippen LogP contribution is -2.23. The van der Waals surface area contributed by atoms with Crippen molar-refractivity contribution < 1.29 is 0 Å². The molecule has 1 aromatic rings. The molecular formula is C11H17N5. The van der Waals surface area contributed by atoms with Crippen LogP contribution in [-0.4, -0.2) is 26.2 Å². The van der Waals surface area contributed by atoms with Crippen molar-refractivity contribution >= 4 is 0 Å². The van der Waals surface area contributed by atoms with E-state index < -0.39 is 0 Å². The minimum atomic E-state index is 0.759. The van der Waals surface area contributed by atoms with E-state index in [-0.39, 0.29) is 0 Å². The largest absolute Gasteiger partial charge is 0.306 e. The highest BCUT2D eigenvalue weighted by Crippen LogP contribution is 2.65. The SMILES string of the molecule is Cn1nnc(CNC2C3C4CCC(C4)C23)n1. The van der Waals surface area contributed by atoms with Crippen molar-refractivity contribution in [1.29, 1.82) is 0 Å². The first-order valence-corrected chi connectivity index (χ1v) is 6.29. The molecule has 0 amide bonds. The normalized spacial score (nSPS) is 43.7. The third-order valence-electron chi connectivity index (χ3n) is 4.78. The van der Waals surface area contributed by atoms with E-state index in [1.54, 1.807) is 0 Å². The van der Waals surface area contributed by atoms with Gasteiger partial charge in [0, 0.05) is 6.04 Å². The monoisotopic (exact) mass is 219 g/mol. The molecule has 16 heavy (non-hydrogen) atoms.